The Morgan fingerprint density at radius 3 is 0.945 bits per heavy atom. The van der Waals surface area contributed by atoms with Crippen molar-refractivity contribution in [2.24, 2.45) is 173 Å². The molecular formula is C121H211N6O15Pt3+3. The van der Waals surface area contributed by atoms with Crippen molar-refractivity contribution in [3.8, 4) is 0 Å². The molecule has 15 aliphatic rings. The summed E-state index contributed by atoms with van der Waals surface area (Å²) in [6.45, 7) is 38.6. The molecule has 0 aromatic heterocycles. The number of allylic oxidation sites excluding steroid dienone is 3. The van der Waals surface area contributed by atoms with Crippen LogP contribution in [0.4, 0.5) is 0 Å². The molecule has 15 rings (SSSR count). The summed E-state index contributed by atoms with van der Waals surface area (Å²) in [5, 5.41) is 26.2. The zero-order valence-corrected chi connectivity index (χ0v) is 100. The number of ketones is 3. The summed E-state index contributed by atoms with van der Waals surface area (Å²) in [6, 6.07) is 1.69. The molecule has 21 nitrogen and oxygen atoms in total. The number of nitrogens with two attached hydrogens (primary N) is 6. The molecule has 0 spiro atoms. The summed E-state index contributed by atoms with van der Waals surface area (Å²) in [7, 11) is 0. The Morgan fingerprint density at radius 2 is 0.634 bits per heavy atom. The maximum Gasteiger partial charge on any atom is 0.316 e. The topological polar surface area (TPSA) is 403 Å². The summed E-state index contributed by atoms with van der Waals surface area (Å²) in [6.07, 6.45) is 66.4. The van der Waals surface area contributed by atoms with E-state index in [4.69, 9.17) is 68.7 Å². The van der Waals surface area contributed by atoms with Crippen LogP contribution in [0.15, 0.2) is 34.9 Å². The smallest absolute Gasteiger partial charge is 0.316 e. The van der Waals surface area contributed by atoms with Crippen LogP contribution in [0, 0.1) is 139 Å². The molecular weight excluding hydrogens is 2360 g/mol. The molecule has 18 N–H and O–H groups in total. The number of rotatable bonds is 39. The molecule has 0 unspecified atom stereocenters. The van der Waals surface area contributed by atoms with Gasteiger partial charge in [0, 0.05) is 112 Å². The Morgan fingerprint density at radius 1 is 0.331 bits per heavy atom. The molecule has 24 heteroatoms. The van der Waals surface area contributed by atoms with E-state index >= 15 is 0 Å². The van der Waals surface area contributed by atoms with Gasteiger partial charge in [-0.25, -0.2) is 0 Å². The Hall–Kier alpha value is -2.68. The van der Waals surface area contributed by atoms with Gasteiger partial charge < -0.3 is 68.7 Å². The van der Waals surface area contributed by atoms with Crippen LogP contribution >= 0.6 is 0 Å². The summed E-state index contributed by atoms with van der Waals surface area (Å²) in [4.78, 5) is 85.8. The standard InChI is InChI=1S/C36H58O6.C34H54O5.C33H54O4.3C6H14N2.3Pt/c1-24(2)7-6-8-25(3)30-13-14-31-29-12-9-26-23-28(17-19-35(26,4)32(29)18-20-36(30,31)5)41-21-22-42-34(40)16-11-27(37)10-15-33(38)39;1-22(2)7-6-8-23(3)28-13-14-29-27-12-9-24-21-26(39-32(38)16-11-25(35)10-15-31(36)37)17-19-33(24,4)30(27)18-20-34(28,29)5;1-22(2)8-6-9-23(3)28-13-14-29-27-12-11-24-20-26(37-19-7-10-25(34)21-31(35)36)15-17-32(24,4)30(27)16-18-33(28,29)5;3*7-5-3-1-2-4-6(5)8;;;/h9,24-25,28-32H,6-8,10-23H2,1-5H3,(H,38,39);9,22-23,26-30H,6-8,10-21H2,1-5H3,(H,36,37);11,22-23,26-30H,6-10,12-21H2,1-5H3,(H,35,36);3*5-6H,1-4,7-8H2;;;/p+3/t25-,28+,29+,30-,31+,32+,35+,36-;23-,26+,27+,28-,29+,30+,33+,34-;23-,26+,27+,28-,29+,30+,32+,33-;3*5-,6-;;;/m111111.../s1. The number of carboxylic acid groups (broad SMARTS) is 3. The molecule has 12 saturated carbocycles. The first kappa shape index (κ1) is 129. The van der Waals surface area contributed by atoms with Gasteiger partial charge in [-0.2, -0.15) is 0 Å². The molecule has 0 radical (unpaired) electrons. The molecule has 0 saturated heterocycles. The molecule has 0 aromatic rings. The average molecular weight is 2580 g/mol. The minimum Gasteiger partial charge on any atom is -0.481 e. The fourth-order valence-corrected chi connectivity index (χ4v) is 32.6. The molecule has 0 amide bonds. The first-order chi connectivity index (χ1) is 67.3. The molecule has 12 fully saturated rings. The van der Waals surface area contributed by atoms with Crippen molar-refractivity contribution < 1.29 is 136 Å². The Bertz CT molecular complexity index is 4010. The SMILES string of the molecule is CC(C)CCC[C@@H](C)[C@H]1CC[C@H]2[C@@H]3CC=C4C[C@@H](OC(=O)CCC(=[OH+])CCC(=O)O)CC[C@]4(C)[C@H]3CC[C@]12C.CC(C)CCC[C@@H](C)[C@H]1CC[C@H]2[C@@H]3CC=C4C[C@@H](OCCCC(=[OH+])CC(=O)O)CC[C@]4(C)[C@H]3CC[C@]12C.CC(C)CCC[C@@H](C)[C@H]1CC[C@H]2[C@@H]3CC=C4C[C@@H](OCCOC(=O)CCC(=[OH+])CCC(=O)O)CC[C@]4(C)[C@H]3CC[C@]12C.N[C@@H]1CCCC[C@H]1N.N[C@@H]1CCCC[C@H]1N.N[C@@H]1CCCC[C@H]1N.[Pt].[Pt].[Pt]. The molecule has 0 aliphatic heterocycles. The zero-order chi connectivity index (χ0) is 104. The number of ether oxygens (including phenoxy) is 4. The van der Waals surface area contributed by atoms with E-state index in [1.54, 1.807) is 11.1 Å². The van der Waals surface area contributed by atoms with E-state index in [9.17, 15) is 38.4 Å². The molecule has 145 heavy (non-hydrogen) atoms. The molecule has 842 valence electrons. The average Bonchev–Trinajstić information content (AvgIpc) is 1.60. The molecule has 30 atom stereocenters. The Balaban J connectivity index is 0.000000260. The number of carbonyl (C=O) groups is 5. The van der Waals surface area contributed by atoms with E-state index in [1.807, 2.05) is 0 Å². The van der Waals surface area contributed by atoms with Crippen LogP contribution in [0.25, 0.3) is 0 Å². The van der Waals surface area contributed by atoms with Crippen molar-refractivity contribution in [3.05, 3.63) is 34.9 Å². The van der Waals surface area contributed by atoms with Crippen LogP contribution in [-0.4, -0.2) is 151 Å². The van der Waals surface area contributed by atoms with Crippen LogP contribution < -0.4 is 34.4 Å². The fourth-order valence-electron chi connectivity index (χ4n) is 32.6. The van der Waals surface area contributed by atoms with E-state index in [-0.39, 0.29) is 217 Å². The van der Waals surface area contributed by atoms with E-state index in [0.717, 1.165) is 190 Å². The number of carboxylic acids is 3. The van der Waals surface area contributed by atoms with Crippen molar-refractivity contribution in [2.45, 2.75) is 518 Å². The first-order valence-electron chi connectivity index (χ1n) is 58.8. The summed E-state index contributed by atoms with van der Waals surface area (Å²) in [5.74, 6) is 11.8. The van der Waals surface area contributed by atoms with Gasteiger partial charge in [-0.1, -0.05) is 235 Å². The predicted molar refractivity (Wildman–Crippen MR) is 577 cm³/mol. The van der Waals surface area contributed by atoms with Crippen LogP contribution in [0.3, 0.4) is 0 Å². The number of fused-ring (bicyclic) bond motifs is 15. The van der Waals surface area contributed by atoms with Gasteiger partial charge in [0.25, 0.3) is 11.6 Å². The van der Waals surface area contributed by atoms with Crippen LogP contribution in [0.5, 0.6) is 0 Å². The van der Waals surface area contributed by atoms with Gasteiger partial charge in [0.2, 0.25) is 0 Å². The number of carbonyl (C=O) groups excluding carboxylic acids is 5. The van der Waals surface area contributed by atoms with Crippen molar-refractivity contribution >= 4 is 47.2 Å². The van der Waals surface area contributed by atoms with Crippen LogP contribution in [0.2, 0.25) is 0 Å². The predicted octanol–water partition coefficient (Wildman–Crippen LogP) is 25.1. The van der Waals surface area contributed by atoms with Gasteiger partial charge in [-0.05, 0) is 332 Å². The van der Waals surface area contributed by atoms with E-state index in [0.29, 0.717) is 53.1 Å². The normalized spacial score (nSPS) is 36.1. The third-order valence-corrected chi connectivity index (χ3v) is 41.2. The third-order valence-electron chi connectivity index (χ3n) is 41.2. The fraction of sp³-hybridized carbons (Fsp3) is 0.884. The summed E-state index contributed by atoms with van der Waals surface area (Å²) >= 11 is 0. The van der Waals surface area contributed by atoms with Gasteiger partial charge in [0.05, 0.1) is 76.6 Å². The van der Waals surface area contributed by atoms with Crippen LogP contribution in [-0.2, 0) is 106 Å². The molecule has 0 aromatic carbocycles. The van der Waals surface area contributed by atoms with E-state index < -0.39 is 17.9 Å². The Kier molecular flexibility index (Phi) is 54.5. The number of esters is 2. The molecule has 0 bridgehead atoms. The summed E-state index contributed by atoms with van der Waals surface area (Å²) in [5.41, 5.74) is 41.2. The number of aliphatic carboxylic acids is 3. The van der Waals surface area contributed by atoms with Crippen molar-refractivity contribution in [3.63, 3.8) is 0 Å². The van der Waals surface area contributed by atoms with Gasteiger partial charge >= 0.3 is 35.6 Å². The second-order valence-electron chi connectivity index (χ2n) is 51.9. The minimum absolute atomic E-state index is 0. The van der Waals surface area contributed by atoms with Crippen molar-refractivity contribution in [1.82, 2.24) is 0 Å². The van der Waals surface area contributed by atoms with Gasteiger partial charge in [-0.3, -0.25) is 38.4 Å². The third kappa shape index (κ3) is 35.9. The molecule has 15 aliphatic carbocycles. The number of hydrogen-bond donors (Lipinski definition) is 9. The minimum atomic E-state index is -0.972. The number of hydrogen-bond acceptors (Lipinski definition) is 15. The molecule has 0 heterocycles. The van der Waals surface area contributed by atoms with Crippen LogP contribution in [0.1, 0.15) is 463 Å². The van der Waals surface area contributed by atoms with Crippen molar-refractivity contribution in [1.29, 1.82) is 0 Å². The second-order valence-corrected chi connectivity index (χ2v) is 51.9. The first-order valence-corrected chi connectivity index (χ1v) is 58.8. The van der Waals surface area contributed by atoms with E-state index in [1.165, 1.54) is 211 Å². The Labute approximate surface area is 922 Å². The van der Waals surface area contributed by atoms with Crippen molar-refractivity contribution in [2.75, 3.05) is 19.8 Å². The second kappa shape index (κ2) is 61.2. The van der Waals surface area contributed by atoms with E-state index in [2.05, 4.69) is 122 Å². The quantitative estimate of drug-likeness (QED) is 0.00907. The van der Waals surface area contributed by atoms with Gasteiger partial charge in [0.15, 0.2) is 6.42 Å². The van der Waals surface area contributed by atoms with Gasteiger partial charge in [0.1, 0.15) is 12.7 Å². The summed E-state index contributed by atoms with van der Waals surface area (Å²) < 4.78 is 23.6. The zero-order valence-electron chi connectivity index (χ0n) is 93.3. The maximum absolute atomic E-state index is 12.5. The maximum atomic E-state index is 12.5. The largest absolute Gasteiger partial charge is 0.481 e. The monoisotopic (exact) mass is 2570 g/mol. The van der Waals surface area contributed by atoms with Gasteiger partial charge in [-0.15, -0.1) is 0 Å².